The van der Waals surface area contributed by atoms with Crippen LogP contribution in [0.4, 0.5) is 5.69 Å². The first-order valence-corrected chi connectivity index (χ1v) is 7.30. The van der Waals surface area contributed by atoms with Crippen molar-refractivity contribution in [2.45, 2.75) is 26.4 Å². The molecule has 0 aromatic heterocycles. The molecule has 1 aliphatic heterocycles. The fourth-order valence-corrected chi connectivity index (χ4v) is 2.55. The van der Waals surface area contributed by atoms with Crippen LogP contribution in [0.15, 0.2) is 18.2 Å². The van der Waals surface area contributed by atoms with E-state index in [1.54, 1.807) is 12.1 Å². The summed E-state index contributed by atoms with van der Waals surface area (Å²) in [4.78, 5) is 14.0. The lowest BCUT2D eigenvalue weighted by molar-refractivity contribution is -0.118. The average Bonchev–Trinajstić information content (AvgIpc) is 2.38. The van der Waals surface area contributed by atoms with E-state index in [0.29, 0.717) is 24.0 Å². The summed E-state index contributed by atoms with van der Waals surface area (Å²) in [5.41, 5.74) is 1.73. The van der Waals surface area contributed by atoms with Gasteiger partial charge < -0.3 is 10.4 Å². The Labute approximate surface area is 124 Å². The van der Waals surface area contributed by atoms with E-state index < -0.39 is 0 Å². The molecule has 1 fully saturated rings. The van der Waals surface area contributed by atoms with Gasteiger partial charge in [-0.3, -0.25) is 9.69 Å². The van der Waals surface area contributed by atoms with Gasteiger partial charge in [0, 0.05) is 17.3 Å². The number of aliphatic hydroxyl groups is 1. The van der Waals surface area contributed by atoms with Gasteiger partial charge in [-0.1, -0.05) is 24.6 Å². The molecule has 0 saturated carbocycles. The van der Waals surface area contributed by atoms with Crippen molar-refractivity contribution in [1.82, 2.24) is 4.90 Å². The number of carbonyl (C=O) groups is 1. The van der Waals surface area contributed by atoms with E-state index in [1.807, 2.05) is 24.8 Å². The summed E-state index contributed by atoms with van der Waals surface area (Å²) in [6.07, 6.45) is 0.578. The molecule has 2 atom stereocenters. The second kappa shape index (κ2) is 6.57. The van der Waals surface area contributed by atoms with Gasteiger partial charge in [0.05, 0.1) is 12.6 Å². The summed E-state index contributed by atoms with van der Waals surface area (Å²) >= 11 is 5.93. The first kappa shape index (κ1) is 15.3. The van der Waals surface area contributed by atoms with Crippen molar-refractivity contribution >= 4 is 23.2 Å². The summed E-state index contributed by atoms with van der Waals surface area (Å²) < 4.78 is 0. The zero-order chi connectivity index (χ0) is 14.7. The van der Waals surface area contributed by atoms with Crippen LogP contribution in [0, 0.1) is 12.8 Å². The second-order valence-corrected chi connectivity index (χ2v) is 6.01. The summed E-state index contributed by atoms with van der Waals surface area (Å²) in [5, 5.41) is 13.3. The third-order valence-electron chi connectivity index (χ3n) is 3.84. The number of aliphatic hydroxyl groups excluding tert-OH is 1. The quantitative estimate of drug-likeness (QED) is 0.900. The molecule has 2 unspecified atom stereocenters. The van der Waals surface area contributed by atoms with E-state index in [-0.39, 0.29) is 12.0 Å². The lowest BCUT2D eigenvalue weighted by Gasteiger charge is -2.33. The Balaban J connectivity index is 1.91. The average molecular weight is 297 g/mol. The maximum Gasteiger partial charge on any atom is 0.238 e. The van der Waals surface area contributed by atoms with Gasteiger partial charge in [-0.2, -0.15) is 0 Å². The molecule has 5 heteroatoms. The number of anilines is 1. The third kappa shape index (κ3) is 3.95. The van der Waals surface area contributed by atoms with Gasteiger partial charge in [-0.15, -0.1) is 0 Å². The predicted molar refractivity (Wildman–Crippen MR) is 81.0 cm³/mol. The van der Waals surface area contributed by atoms with Crippen LogP contribution in [0.1, 0.15) is 18.9 Å². The number of aryl methyl sites for hydroxylation is 1. The minimum atomic E-state index is -0.343. The number of rotatable bonds is 3. The lowest BCUT2D eigenvalue weighted by Crippen LogP contribution is -2.45. The van der Waals surface area contributed by atoms with Crippen molar-refractivity contribution in [2.75, 3.05) is 25.0 Å². The topological polar surface area (TPSA) is 52.6 Å². The van der Waals surface area contributed by atoms with Crippen LogP contribution in [0.5, 0.6) is 0 Å². The van der Waals surface area contributed by atoms with Crippen LogP contribution in [-0.2, 0) is 4.79 Å². The molecule has 1 aromatic rings. The molecule has 1 aromatic carbocycles. The lowest BCUT2D eigenvalue weighted by atomic mass is 9.96. The minimum absolute atomic E-state index is 0.0721. The summed E-state index contributed by atoms with van der Waals surface area (Å²) in [6.45, 7) is 5.68. The fourth-order valence-electron chi connectivity index (χ4n) is 2.38. The van der Waals surface area contributed by atoms with Crippen LogP contribution in [0.2, 0.25) is 5.02 Å². The SMILES string of the molecule is Cc1ccc(Cl)cc1NC(=O)CN1CCC(C)C(O)C1. The van der Waals surface area contributed by atoms with Crippen molar-refractivity contribution < 1.29 is 9.90 Å². The summed E-state index contributed by atoms with van der Waals surface area (Å²) in [6, 6.07) is 5.43. The number of β-amino-alcohol motifs (C(OH)–C–C–N with tert-alkyl or cyclic N) is 1. The van der Waals surface area contributed by atoms with Gasteiger partial charge >= 0.3 is 0 Å². The van der Waals surface area contributed by atoms with Crippen LogP contribution in [0.3, 0.4) is 0 Å². The normalized spacial score (nSPS) is 23.6. The number of benzene rings is 1. The number of nitrogens with zero attached hydrogens (tertiary/aromatic N) is 1. The number of hydrogen-bond donors (Lipinski definition) is 2. The molecule has 1 aliphatic rings. The van der Waals surface area contributed by atoms with Crippen molar-refractivity contribution in [3.8, 4) is 0 Å². The van der Waals surface area contributed by atoms with Gasteiger partial charge in [0.2, 0.25) is 5.91 Å². The molecule has 0 aliphatic carbocycles. The highest BCUT2D eigenvalue weighted by atomic mass is 35.5. The van der Waals surface area contributed by atoms with Gasteiger partial charge in [-0.25, -0.2) is 0 Å². The molecule has 0 spiro atoms. The molecule has 1 amide bonds. The minimum Gasteiger partial charge on any atom is -0.392 e. The number of halogens is 1. The number of nitrogens with one attached hydrogen (secondary N) is 1. The van der Waals surface area contributed by atoms with E-state index in [9.17, 15) is 9.90 Å². The van der Waals surface area contributed by atoms with E-state index >= 15 is 0 Å². The van der Waals surface area contributed by atoms with Gasteiger partial charge in [0.25, 0.3) is 0 Å². The molecule has 20 heavy (non-hydrogen) atoms. The monoisotopic (exact) mass is 296 g/mol. The molecular formula is C15H21ClN2O2. The molecule has 1 heterocycles. The Kier molecular flexibility index (Phi) is 5.02. The first-order valence-electron chi connectivity index (χ1n) is 6.92. The van der Waals surface area contributed by atoms with Crippen LogP contribution in [-0.4, -0.2) is 41.7 Å². The molecule has 0 bridgehead atoms. The Bertz CT molecular complexity index is 493. The van der Waals surface area contributed by atoms with Crippen molar-refractivity contribution in [1.29, 1.82) is 0 Å². The predicted octanol–water partition coefficient (Wildman–Crippen LogP) is 2.29. The fraction of sp³-hybridized carbons (Fsp3) is 0.533. The van der Waals surface area contributed by atoms with Crippen molar-refractivity contribution in [3.05, 3.63) is 28.8 Å². The number of amides is 1. The number of hydrogen-bond acceptors (Lipinski definition) is 3. The van der Waals surface area contributed by atoms with Crippen molar-refractivity contribution in [3.63, 3.8) is 0 Å². The summed E-state index contributed by atoms with van der Waals surface area (Å²) in [7, 11) is 0. The molecule has 1 saturated heterocycles. The zero-order valence-electron chi connectivity index (χ0n) is 11.9. The van der Waals surface area contributed by atoms with E-state index in [2.05, 4.69) is 5.32 Å². The molecular weight excluding hydrogens is 276 g/mol. The first-order chi connectivity index (χ1) is 9.45. The Morgan fingerprint density at radius 2 is 2.30 bits per heavy atom. The van der Waals surface area contributed by atoms with Crippen LogP contribution < -0.4 is 5.32 Å². The van der Waals surface area contributed by atoms with E-state index in [4.69, 9.17) is 11.6 Å². The largest absolute Gasteiger partial charge is 0.392 e. The molecule has 110 valence electrons. The van der Waals surface area contributed by atoms with E-state index in [1.165, 1.54) is 0 Å². The van der Waals surface area contributed by atoms with E-state index in [0.717, 1.165) is 24.2 Å². The highest BCUT2D eigenvalue weighted by Gasteiger charge is 2.25. The molecule has 0 radical (unpaired) electrons. The highest BCUT2D eigenvalue weighted by molar-refractivity contribution is 6.31. The van der Waals surface area contributed by atoms with Gasteiger partial charge in [0.15, 0.2) is 0 Å². The Morgan fingerprint density at radius 3 is 3.00 bits per heavy atom. The third-order valence-corrected chi connectivity index (χ3v) is 4.08. The number of likely N-dealkylation sites (tertiary alicyclic amines) is 1. The zero-order valence-corrected chi connectivity index (χ0v) is 12.7. The highest BCUT2D eigenvalue weighted by Crippen LogP contribution is 2.21. The molecule has 2 N–H and O–H groups in total. The number of piperidine rings is 1. The molecule has 4 nitrogen and oxygen atoms in total. The summed E-state index contributed by atoms with van der Waals surface area (Å²) in [5.74, 6) is 0.238. The number of carbonyl (C=O) groups excluding carboxylic acids is 1. The standard InChI is InChI=1S/C15H21ClN2O2/c1-10-3-4-12(16)7-13(10)17-15(20)9-18-6-5-11(2)14(19)8-18/h3-4,7,11,14,19H,5-6,8-9H2,1-2H3,(H,17,20). The Hall–Kier alpha value is -1.10. The van der Waals surface area contributed by atoms with Crippen LogP contribution in [0.25, 0.3) is 0 Å². The van der Waals surface area contributed by atoms with Gasteiger partial charge in [0.1, 0.15) is 0 Å². The second-order valence-electron chi connectivity index (χ2n) is 5.58. The van der Waals surface area contributed by atoms with Gasteiger partial charge in [-0.05, 0) is 43.5 Å². The van der Waals surface area contributed by atoms with Crippen molar-refractivity contribution in [2.24, 2.45) is 5.92 Å². The molecule has 2 rings (SSSR count). The van der Waals surface area contributed by atoms with Crippen LogP contribution >= 0.6 is 11.6 Å². The Morgan fingerprint density at radius 1 is 1.55 bits per heavy atom. The maximum atomic E-state index is 12.1. The maximum absolute atomic E-state index is 12.1. The smallest absolute Gasteiger partial charge is 0.238 e.